The van der Waals surface area contributed by atoms with Crippen LogP contribution in [-0.4, -0.2) is 28.8 Å². The van der Waals surface area contributed by atoms with E-state index in [1.165, 1.54) is 11.3 Å². The van der Waals surface area contributed by atoms with Gasteiger partial charge < -0.3 is 14.0 Å². The summed E-state index contributed by atoms with van der Waals surface area (Å²) in [6.45, 7) is 6.25. The summed E-state index contributed by atoms with van der Waals surface area (Å²) in [5.41, 5.74) is 4.21. The number of aromatic nitrogens is 2. The molecule has 1 aliphatic heterocycles. The minimum Gasteiger partial charge on any atom is -0.497 e. The van der Waals surface area contributed by atoms with Crippen LogP contribution in [0.15, 0.2) is 100 Å². The summed E-state index contributed by atoms with van der Waals surface area (Å²) in [5.74, 6) is 0.174. The Bertz CT molecular complexity index is 2000. The molecule has 3 heterocycles. The van der Waals surface area contributed by atoms with Gasteiger partial charge in [0.2, 0.25) is 0 Å². The van der Waals surface area contributed by atoms with Gasteiger partial charge in [0, 0.05) is 34.3 Å². The van der Waals surface area contributed by atoms with Gasteiger partial charge in [-0.3, -0.25) is 9.36 Å². The van der Waals surface area contributed by atoms with Gasteiger partial charge >= 0.3 is 5.97 Å². The summed E-state index contributed by atoms with van der Waals surface area (Å²) in [6.07, 6.45) is 4.03. The number of ether oxygens (including phenoxy) is 2. The first-order valence-corrected chi connectivity index (χ1v) is 14.7. The Morgan fingerprint density at radius 2 is 1.74 bits per heavy atom. The highest BCUT2D eigenvalue weighted by Crippen LogP contribution is 2.35. The fourth-order valence-electron chi connectivity index (χ4n) is 5.46. The highest BCUT2D eigenvalue weighted by molar-refractivity contribution is 7.07. The van der Waals surface area contributed by atoms with Gasteiger partial charge in [-0.05, 0) is 50.6 Å². The van der Waals surface area contributed by atoms with E-state index in [0.29, 0.717) is 26.4 Å². The lowest BCUT2D eigenvalue weighted by atomic mass is 9.93. The lowest BCUT2D eigenvalue weighted by Crippen LogP contribution is -2.40. The first-order valence-electron chi connectivity index (χ1n) is 13.9. The zero-order chi connectivity index (χ0) is 29.4. The SMILES string of the molecule is CCOC(=O)C1=C(c2ccccc2)N=c2s/c(=C\c3cn(C(C)C)c4ccccc34)c(=O)n2[C@H]1c1ccc(OC)cc1. The van der Waals surface area contributed by atoms with E-state index in [-0.39, 0.29) is 18.2 Å². The number of benzene rings is 3. The van der Waals surface area contributed by atoms with Crippen LogP contribution in [0.25, 0.3) is 22.7 Å². The maximum atomic E-state index is 14.2. The second kappa shape index (κ2) is 11.3. The van der Waals surface area contributed by atoms with Gasteiger partial charge in [-0.2, -0.15) is 0 Å². The number of hydrogen-bond donors (Lipinski definition) is 0. The molecule has 7 nitrogen and oxygen atoms in total. The summed E-state index contributed by atoms with van der Waals surface area (Å²) in [6, 6.07) is 24.7. The number of rotatable bonds is 7. The number of carbonyl (C=O) groups excluding carboxylic acids is 1. The van der Waals surface area contributed by atoms with E-state index in [1.54, 1.807) is 18.6 Å². The minimum atomic E-state index is -0.736. The van der Waals surface area contributed by atoms with Crippen LogP contribution in [0, 0.1) is 0 Å². The van der Waals surface area contributed by atoms with Crippen molar-refractivity contribution in [2.45, 2.75) is 32.9 Å². The Balaban J connectivity index is 1.64. The molecule has 0 spiro atoms. The molecule has 42 heavy (non-hydrogen) atoms. The molecule has 1 atom stereocenters. The molecule has 0 bridgehead atoms. The fraction of sp³-hybridized carbons (Fsp3) is 0.206. The van der Waals surface area contributed by atoms with Crippen molar-refractivity contribution >= 4 is 40.0 Å². The highest BCUT2D eigenvalue weighted by atomic mass is 32.1. The molecule has 0 amide bonds. The van der Waals surface area contributed by atoms with Crippen LogP contribution >= 0.6 is 11.3 Å². The van der Waals surface area contributed by atoms with Gasteiger partial charge in [0.15, 0.2) is 4.80 Å². The second-order valence-corrected chi connectivity index (χ2v) is 11.3. The normalized spacial score (nSPS) is 15.2. The smallest absolute Gasteiger partial charge is 0.338 e. The number of esters is 1. The Morgan fingerprint density at radius 1 is 1.02 bits per heavy atom. The molecule has 2 aromatic heterocycles. The molecule has 8 heteroatoms. The van der Waals surface area contributed by atoms with Crippen LogP contribution in [-0.2, 0) is 9.53 Å². The first kappa shape index (κ1) is 27.5. The van der Waals surface area contributed by atoms with Crippen molar-refractivity contribution in [3.8, 4) is 5.75 Å². The third kappa shape index (κ3) is 4.77. The van der Waals surface area contributed by atoms with E-state index in [2.05, 4.69) is 36.7 Å². The second-order valence-electron chi connectivity index (χ2n) is 10.3. The molecule has 0 fully saturated rings. The van der Waals surface area contributed by atoms with Crippen LogP contribution in [0.4, 0.5) is 0 Å². The van der Waals surface area contributed by atoms with Gasteiger partial charge in [-0.1, -0.05) is 72.0 Å². The maximum absolute atomic E-state index is 14.2. The van der Waals surface area contributed by atoms with Gasteiger partial charge in [-0.25, -0.2) is 9.79 Å². The number of fused-ring (bicyclic) bond motifs is 2. The monoisotopic (exact) mass is 577 g/mol. The van der Waals surface area contributed by atoms with Crippen molar-refractivity contribution in [3.63, 3.8) is 0 Å². The molecule has 0 saturated carbocycles. The van der Waals surface area contributed by atoms with Crippen molar-refractivity contribution < 1.29 is 14.3 Å². The van der Waals surface area contributed by atoms with Crippen LogP contribution in [0.1, 0.15) is 49.5 Å². The first-order chi connectivity index (χ1) is 20.4. The molecule has 3 aromatic carbocycles. The summed E-state index contributed by atoms with van der Waals surface area (Å²) in [4.78, 5) is 33.3. The summed E-state index contributed by atoms with van der Waals surface area (Å²) in [7, 11) is 1.60. The molecule has 0 unspecified atom stereocenters. The zero-order valence-electron chi connectivity index (χ0n) is 23.9. The molecule has 1 aliphatic rings. The minimum absolute atomic E-state index is 0.198. The highest BCUT2D eigenvalue weighted by Gasteiger charge is 2.35. The summed E-state index contributed by atoms with van der Waals surface area (Å²) >= 11 is 1.32. The Kier molecular flexibility index (Phi) is 7.39. The maximum Gasteiger partial charge on any atom is 0.338 e. The van der Waals surface area contributed by atoms with Crippen molar-refractivity contribution in [2.24, 2.45) is 4.99 Å². The van der Waals surface area contributed by atoms with Crippen LogP contribution in [0.3, 0.4) is 0 Å². The third-order valence-corrected chi connectivity index (χ3v) is 8.40. The van der Waals surface area contributed by atoms with E-state index in [4.69, 9.17) is 14.5 Å². The predicted octanol–water partition coefficient (Wildman–Crippen LogP) is 5.48. The van der Waals surface area contributed by atoms with Crippen LogP contribution in [0.2, 0.25) is 0 Å². The largest absolute Gasteiger partial charge is 0.497 e. The number of carbonyl (C=O) groups is 1. The molecule has 6 rings (SSSR count). The van der Waals surface area contributed by atoms with E-state index in [9.17, 15) is 9.59 Å². The van der Waals surface area contributed by atoms with Crippen molar-refractivity contribution in [1.29, 1.82) is 0 Å². The lowest BCUT2D eigenvalue weighted by Gasteiger charge is -2.26. The molecule has 0 N–H and O–H groups in total. The fourth-order valence-corrected chi connectivity index (χ4v) is 6.45. The van der Waals surface area contributed by atoms with E-state index >= 15 is 0 Å². The molecule has 0 aliphatic carbocycles. The topological polar surface area (TPSA) is 74.8 Å². The average Bonchev–Trinajstić information content (AvgIpc) is 3.54. The molecule has 5 aromatic rings. The van der Waals surface area contributed by atoms with E-state index in [0.717, 1.165) is 27.6 Å². The number of para-hydroxylation sites is 1. The number of methoxy groups -OCH3 is 1. The molecule has 0 radical (unpaired) electrons. The van der Waals surface area contributed by atoms with Gasteiger partial charge in [0.05, 0.1) is 35.6 Å². The van der Waals surface area contributed by atoms with Gasteiger partial charge in [0.25, 0.3) is 5.56 Å². The standard InChI is InChI=1S/C34H31N3O4S/c1-5-41-33(39)29-30(22-11-7-6-8-12-22)35-34-37(31(29)23-15-17-25(40-4)18-16-23)32(38)28(42-34)19-24-20-36(21(2)3)27-14-10-9-13-26(24)27/h6-21,31H,5H2,1-4H3/b28-19-/t31-/m0/s1. The van der Waals surface area contributed by atoms with Crippen LogP contribution < -0.4 is 19.6 Å². The molecular formula is C34H31N3O4S. The van der Waals surface area contributed by atoms with Crippen molar-refractivity contribution in [1.82, 2.24) is 9.13 Å². The molecular weight excluding hydrogens is 546 g/mol. The Labute approximate surface area is 247 Å². The van der Waals surface area contributed by atoms with E-state index < -0.39 is 12.0 Å². The third-order valence-electron chi connectivity index (χ3n) is 7.42. The number of thiazole rings is 1. The Hall–Kier alpha value is -4.69. The van der Waals surface area contributed by atoms with Crippen LogP contribution in [0.5, 0.6) is 5.75 Å². The zero-order valence-corrected chi connectivity index (χ0v) is 24.7. The number of hydrogen-bond acceptors (Lipinski definition) is 6. The van der Waals surface area contributed by atoms with Gasteiger partial charge in [0.1, 0.15) is 5.75 Å². The Morgan fingerprint density at radius 3 is 2.43 bits per heavy atom. The van der Waals surface area contributed by atoms with Gasteiger partial charge in [-0.15, -0.1) is 0 Å². The number of nitrogens with zero attached hydrogens (tertiary/aromatic N) is 3. The average molecular weight is 578 g/mol. The molecule has 212 valence electrons. The lowest BCUT2D eigenvalue weighted by molar-refractivity contribution is -0.138. The molecule has 0 saturated heterocycles. The summed E-state index contributed by atoms with van der Waals surface area (Å²) < 4.78 is 15.3. The summed E-state index contributed by atoms with van der Waals surface area (Å²) in [5, 5.41) is 1.07. The van der Waals surface area contributed by atoms with Crippen molar-refractivity contribution in [3.05, 3.63) is 127 Å². The quantitative estimate of drug-likeness (QED) is 0.240. The van der Waals surface area contributed by atoms with E-state index in [1.807, 2.05) is 72.8 Å². The predicted molar refractivity (Wildman–Crippen MR) is 166 cm³/mol. The van der Waals surface area contributed by atoms with Crippen molar-refractivity contribution in [2.75, 3.05) is 13.7 Å².